The van der Waals surface area contributed by atoms with Gasteiger partial charge in [0.15, 0.2) is 0 Å². The fourth-order valence-corrected chi connectivity index (χ4v) is 1.40. The van der Waals surface area contributed by atoms with E-state index in [-0.39, 0.29) is 0 Å². The van der Waals surface area contributed by atoms with Gasteiger partial charge in [-0.05, 0) is 26.0 Å². The molecule has 0 saturated carbocycles. The van der Waals surface area contributed by atoms with Gasteiger partial charge in [0.2, 0.25) is 5.91 Å². The van der Waals surface area contributed by atoms with Gasteiger partial charge in [0.1, 0.15) is 11.4 Å². The fourth-order valence-electron chi connectivity index (χ4n) is 1.40. The average molecular weight is 230 g/mol. The minimum atomic E-state index is -0.850. The SMILES string of the molecule is CC(C)(Nc1cnc2ccccc2n1)C(N)=O. The molecule has 0 bridgehead atoms. The van der Waals surface area contributed by atoms with E-state index >= 15 is 0 Å². The molecule has 0 saturated heterocycles. The van der Waals surface area contributed by atoms with Crippen molar-refractivity contribution in [3.8, 4) is 0 Å². The van der Waals surface area contributed by atoms with Crippen LogP contribution in [0.25, 0.3) is 11.0 Å². The standard InChI is InChI=1S/C12H14N4O/c1-12(2,11(13)17)16-10-7-14-8-5-3-4-6-9(8)15-10/h3-7H,1-2H3,(H2,13,17)(H,15,16). The molecule has 2 rings (SSSR count). The third kappa shape index (κ3) is 2.33. The van der Waals surface area contributed by atoms with Gasteiger partial charge in [0.05, 0.1) is 17.2 Å². The van der Waals surface area contributed by atoms with Gasteiger partial charge in [-0.3, -0.25) is 9.78 Å². The summed E-state index contributed by atoms with van der Waals surface area (Å²) in [5.41, 5.74) is 6.02. The molecule has 5 nitrogen and oxygen atoms in total. The summed E-state index contributed by atoms with van der Waals surface area (Å²) in [5, 5.41) is 2.96. The van der Waals surface area contributed by atoms with Crippen molar-refractivity contribution in [2.75, 3.05) is 5.32 Å². The van der Waals surface area contributed by atoms with Crippen LogP contribution in [-0.4, -0.2) is 21.4 Å². The fraction of sp³-hybridized carbons (Fsp3) is 0.250. The highest BCUT2D eigenvalue weighted by atomic mass is 16.1. The first-order chi connectivity index (χ1) is 7.99. The van der Waals surface area contributed by atoms with Crippen molar-refractivity contribution in [1.82, 2.24) is 9.97 Å². The Morgan fingerprint density at radius 1 is 1.29 bits per heavy atom. The number of amides is 1. The number of carbonyl (C=O) groups is 1. The molecule has 17 heavy (non-hydrogen) atoms. The number of hydrogen-bond donors (Lipinski definition) is 2. The molecule has 1 heterocycles. The maximum atomic E-state index is 11.2. The van der Waals surface area contributed by atoms with Crippen molar-refractivity contribution < 1.29 is 4.79 Å². The maximum Gasteiger partial charge on any atom is 0.242 e. The molecular weight excluding hydrogens is 216 g/mol. The van der Waals surface area contributed by atoms with E-state index in [1.807, 2.05) is 24.3 Å². The molecule has 1 amide bonds. The van der Waals surface area contributed by atoms with E-state index in [2.05, 4.69) is 15.3 Å². The summed E-state index contributed by atoms with van der Waals surface area (Å²) in [6, 6.07) is 7.54. The molecule has 1 aromatic heterocycles. The second-order valence-electron chi connectivity index (χ2n) is 4.36. The number of carbonyl (C=O) groups excluding carboxylic acids is 1. The minimum Gasteiger partial charge on any atom is -0.368 e. The summed E-state index contributed by atoms with van der Waals surface area (Å²) >= 11 is 0. The average Bonchev–Trinajstić information content (AvgIpc) is 2.28. The molecule has 0 atom stereocenters. The molecule has 0 aliphatic carbocycles. The Morgan fingerprint density at radius 3 is 2.59 bits per heavy atom. The van der Waals surface area contributed by atoms with E-state index in [4.69, 9.17) is 5.73 Å². The minimum absolute atomic E-state index is 0.438. The van der Waals surface area contributed by atoms with Crippen LogP contribution in [-0.2, 0) is 4.79 Å². The zero-order valence-electron chi connectivity index (χ0n) is 9.77. The molecule has 88 valence electrons. The number of aromatic nitrogens is 2. The largest absolute Gasteiger partial charge is 0.368 e. The van der Waals surface area contributed by atoms with Crippen molar-refractivity contribution in [3.63, 3.8) is 0 Å². The number of nitrogens with zero attached hydrogens (tertiary/aromatic N) is 2. The zero-order chi connectivity index (χ0) is 12.5. The number of hydrogen-bond acceptors (Lipinski definition) is 4. The Labute approximate surface area is 99.1 Å². The first kappa shape index (κ1) is 11.3. The number of fused-ring (bicyclic) bond motifs is 1. The van der Waals surface area contributed by atoms with Crippen LogP contribution in [0.5, 0.6) is 0 Å². The van der Waals surface area contributed by atoms with Crippen molar-refractivity contribution in [2.45, 2.75) is 19.4 Å². The number of rotatable bonds is 3. The van der Waals surface area contributed by atoms with E-state index in [1.54, 1.807) is 20.0 Å². The van der Waals surface area contributed by atoms with Crippen LogP contribution in [0.15, 0.2) is 30.5 Å². The van der Waals surface area contributed by atoms with Crippen LogP contribution in [0, 0.1) is 0 Å². The van der Waals surface area contributed by atoms with Gasteiger partial charge < -0.3 is 11.1 Å². The molecule has 3 N–H and O–H groups in total. The highest BCUT2D eigenvalue weighted by Crippen LogP contribution is 2.15. The molecule has 0 unspecified atom stereocenters. The lowest BCUT2D eigenvalue weighted by Gasteiger charge is -2.22. The van der Waals surface area contributed by atoms with Crippen LogP contribution in [0.1, 0.15) is 13.8 Å². The lowest BCUT2D eigenvalue weighted by molar-refractivity contribution is -0.121. The summed E-state index contributed by atoms with van der Waals surface area (Å²) in [7, 11) is 0. The Hall–Kier alpha value is -2.17. The van der Waals surface area contributed by atoms with Crippen LogP contribution < -0.4 is 11.1 Å². The predicted molar refractivity (Wildman–Crippen MR) is 66.4 cm³/mol. The van der Waals surface area contributed by atoms with Gasteiger partial charge in [-0.2, -0.15) is 0 Å². The third-order valence-corrected chi connectivity index (χ3v) is 2.51. The highest BCUT2D eigenvalue weighted by molar-refractivity contribution is 5.87. The van der Waals surface area contributed by atoms with Crippen molar-refractivity contribution in [2.24, 2.45) is 5.73 Å². The molecule has 0 radical (unpaired) electrons. The second kappa shape index (κ2) is 4.01. The number of para-hydroxylation sites is 2. The first-order valence-electron chi connectivity index (χ1n) is 5.29. The molecule has 5 heteroatoms. The Kier molecular flexibility index (Phi) is 2.67. The van der Waals surface area contributed by atoms with E-state index in [1.165, 1.54) is 0 Å². The maximum absolute atomic E-state index is 11.2. The number of nitrogens with one attached hydrogen (secondary N) is 1. The summed E-state index contributed by atoms with van der Waals surface area (Å²) in [5.74, 6) is 0.0972. The van der Waals surface area contributed by atoms with Gasteiger partial charge in [-0.1, -0.05) is 12.1 Å². The number of primary amides is 1. The molecule has 0 aliphatic rings. The summed E-state index contributed by atoms with van der Waals surface area (Å²) in [6.07, 6.45) is 1.59. The van der Waals surface area contributed by atoms with Crippen LogP contribution >= 0.6 is 0 Å². The summed E-state index contributed by atoms with van der Waals surface area (Å²) in [6.45, 7) is 3.40. The van der Waals surface area contributed by atoms with Gasteiger partial charge in [0.25, 0.3) is 0 Å². The van der Waals surface area contributed by atoms with Crippen LogP contribution in [0.3, 0.4) is 0 Å². The quantitative estimate of drug-likeness (QED) is 0.832. The number of nitrogens with two attached hydrogens (primary N) is 1. The normalized spacial score (nSPS) is 11.4. The monoisotopic (exact) mass is 230 g/mol. The molecular formula is C12H14N4O. The van der Waals surface area contributed by atoms with Gasteiger partial charge in [-0.15, -0.1) is 0 Å². The molecule has 1 aromatic carbocycles. The van der Waals surface area contributed by atoms with E-state index in [0.29, 0.717) is 5.82 Å². The summed E-state index contributed by atoms with van der Waals surface area (Å²) < 4.78 is 0. The zero-order valence-corrected chi connectivity index (χ0v) is 9.77. The number of anilines is 1. The third-order valence-electron chi connectivity index (χ3n) is 2.51. The Morgan fingerprint density at radius 2 is 1.94 bits per heavy atom. The molecule has 0 fully saturated rings. The van der Waals surface area contributed by atoms with Crippen molar-refractivity contribution >= 4 is 22.8 Å². The van der Waals surface area contributed by atoms with Crippen molar-refractivity contribution in [1.29, 1.82) is 0 Å². The topological polar surface area (TPSA) is 80.9 Å². The summed E-state index contributed by atoms with van der Waals surface area (Å²) in [4.78, 5) is 19.8. The second-order valence-corrected chi connectivity index (χ2v) is 4.36. The molecule has 0 aliphatic heterocycles. The van der Waals surface area contributed by atoms with E-state index in [0.717, 1.165) is 11.0 Å². The van der Waals surface area contributed by atoms with Crippen LogP contribution in [0.4, 0.5) is 5.82 Å². The first-order valence-corrected chi connectivity index (χ1v) is 5.29. The smallest absolute Gasteiger partial charge is 0.242 e. The van der Waals surface area contributed by atoms with Gasteiger partial charge in [0, 0.05) is 0 Å². The van der Waals surface area contributed by atoms with Crippen LogP contribution in [0.2, 0.25) is 0 Å². The molecule has 2 aromatic rings. The molecule has 0 spiro atoms. The Bertz CT molecular complexity index is 565. The Balaban J connectivity index is 2.34. The lowest BCUT2D eigenvalue weighted by Crippen LogP contribution is -2.45. The predicted octanol–water partition coefficient (Wildman–Crippen LogP) is 1.31. The van der Waals surface area contributed by atoms with E-state index < -0.39 is 11.4 Å². The van der Waals surface area contributed by atoms with Gasteiger partial charge >= 0.3 is 0 Å². The lowest BCUT2D eigenvalue weighted by atomic mass is 10.1. The highest BCUT2D eigenvalue weighted by Gasteiger charge is 2.24. The van der Waals surface area contributed by atoms with Crippen molar-refractivity contribution in [3.05, 3.63) is 30.5 Å². The van der Waals surface area contributed by atoms with E-state index in [9.17, 15) is 4.79 Å². The number of benzene rings is 1. The van der Waals surface area contributed by atoms with Gasteiger partial charge in [-0.25, -0.2) is 4.98 Å².